The first-order chi connectivity index (χ1) is 24.8. The average molecular weight is 642 g/mol. The molecular weight excluding hydrogens is 615 g/mol. The minimum atomic E-state index is 0.853. The van der Waals surface area contributed by atoms with Crippen LogP contribution in [-0.2, 0) is 0 Å². The van der Waals surface area contributed by atoms with Crippen molar-refractivity contribution in [3.63, 3.8) is 0 Å². The highest BCUT2D eigenvalue weighted by Gasteiger charge is 2.19. The Hall–Kier alpha value is -6.78. The van der Waals surface area contributed by atoms with Crippen molar-refractivity contribution in [3.05, 3.63) is 164 Å². The molecule has 4 heteroatoms. The second-order valence-corrected chi connectivity index (χ2v) is 12.9. The van der Waals surface area contributed by atoms with E-state index in [1.807, 2.05) is 36.4 Å². The molecule has 0 radical (unpaired) electrons. The molecule has 0 fully saturated rings. The fourth-order valence-electron chi connectivity index (χ4n) is 7.77. The van der Waals surface area contributed by atoms with Crippen LogP contribution in [0, 0.1) is 0 Å². The van der Waals surface area contributed by atoms with E-state index in [1.54, 1.807) is 0 Å². The Balaban J connectivity index is 1.09. The molecule has 8 aromatic carbocycles. The van der Waals surface area contributed by atoms with E-state index in [1.165, 1.54) is 10.8 Å². The van der Waals surface area contributed by atoms with Crippen molar-refractivity contribution < 1.29 is 13.3 Å². The molecule has 0 bridgehead atoms. The fourth-order valence-corrected chi connectivity index (χ4v) is 7.77. The summed E-state index contributed by atoms with van der Waals surface area (Å²) in [5.41, 5.74) is 10.6. The topological polar surface area (TPSA) is 42.7 Å². The van der Waals surface area contributed by atoms with Gasteiger partial charge in [0.05, 0.1) is 0 Å². The summed E-state index contributed by atoms with van der Waals surface area (Å²) in [4.78, 5) is 2.29. The lowest BCUT2D eigenvalue weighted by atomic mass is 9.94. The normalized spacial score (nSPS) is 12.0. The van der Waals surface area contributed by atoms with Gasteiger partial charge < -0.3 is 18.2 Å². The molecule has 0 aliphatic carbocycles. The van der Waals surface area contributed by atoms with Crippen molar-refractivity contribution >= 4 is 93.7 Å². The van der Waals surface area contributed by atoms with Gasteiger partial charge in [0.1, 0.15) is 33.5 Å². The van der Waals surface area contributed by atoms with E-state index in [2.05, 4.69) is 132 Å². The van der Waals surface area contributed by atoms with Crippen LogP contribution in [0.15, 0.2) is 177 Å². The number of furan rings is 3. The lowest BCUT2D eigenvalue weighted by Crippen LogP contribution is -2.09. The van der Waals surface area contributed by atoms with Gasteiger partial charge in [-0.2, -0.15) is 0 Å². The van der Waals surface area contributed by atoms with Gasteiger partial charge in [0.2, 0.25) is 0 Å². The van der Waals surface area contributed by atoms with E-state index in [0.29, 0.717) is 0 Å². The molecule has 11 rings (SSSR count). The maximum Gasteiger partial charge on any atom is 0.137 e. The Kier molecular flexibility index (Phi) is 5.63. The van der Waals surface area contributed by atoms with Crippen LogP contribution in [0.1, 0.15) is 0 Å². The molecule has 0 aliphatic rings. The summed E-state index contributed by atoms with van der Waals surface area (Å²) in [5.74, 6) is 0. The molecule has 50 heavy (non-hydrogen) atoms. The van der Waals surface area contributed by atoms with E-state index in [0.717, 1.165) is 94.0 Å². The summed E-state index contributed by atoms with van der Waals surface area (Å²) in [6.45, 7) is 0. The predicted molar refractivity (Wildman–Crippen MR) is 206 cm³/mol. The fraction of sp³-hybridized carbons (Fsp3) is 0. The third kappa shape index (κ3) is 3.99. The minimum absolute atomic E-state index is 0.853. The van der Waals surface area contributed by atoms with Crippen molar-refractivity contribution in [2.24, 2.45) is 0 Å². The summed E-state index contributed by atoms with van der Waals surface area (Å²) in [7, 11) is 0. The van der Waals surface area contributed by atoms with Gasteiger partial charge in [-0.15, -0.1) is 0 Å². The maximum atomic E-state index is 6.39. The molecule has 0 spiro atoms. The molecule has 3 heterocycles. The lowest BCUT2D eigenvalue weighted by molar-refractivity contribution is 0.668. The van der Waals surface area contributed by atoms with Gasteiger partial charge in [-0.25, -0.2) is 0 Å². The maximum absolute atomic E-state index is 6.39. The summed E-state index contributed by atoms with van der Waals surface area (Å²) < 4.78 is 18.9. The molecule has 0 saturated carbocycles. The van der Waals surface area contributed by atoms with Crippen LogP contribution in [0.5, 0.6) is 0 Å². The van der Waals surface area contributed by atoms with Crippen molar-refractivity contribution in [1.29, 1.82) is 0 Å². The zero-order valence-corrected chi connectivity index (χ0v) is 26.8. The van der Waals surface area contributed by atoms with Crippen LogP contribution in [0.4, 0.5) is 17.1 Å². The number of nitrogens with zero attached hydrogens (tertiary/aromatic N) is 1. The van der Waals surface area contributed by atoms with Gasteiger partial charge >= 0.3 is 0 Å². The van der Waals surface area contributed by atoms with E-state index in [9.17, 15) is 0 Å². The Morgan fingerprint density at radius 2 is 0.800 bits per heavy atom. The van der Waals surface area contributed by atoms with Crippen LogP contribution in [0.2, 0.25) is 0 Å². The van der Waals surface area contributed by atoms with Crippen LogP contribution in [-0.4, -0.2) is 0 Å². The standard InChI is InChI=1S/C46H27NO3/c1-2-12-36-32(9-1)38(27-45-46(36)37-13-5-8-16-42(37)50-45)28-17-19-29(20-18-28)47(30-22-24-43-39(25-30)34-11-4-7-15-41(34)48-43)31-21-23-35-33-10-3-6-14-40(33)49-44(35)26-31/h1-27H. The molecule has 4 nitrogen and oxygen atoms in total. The average Bonchev–Trinajstić information content (AvgIpc) is 3.86. The van der Waals surface area contributed by atoms with Gasteiger partial charge in [0.15, 0.2) is 0 Å². The lowest BCUT2D eigenvalue weighted by Gasteiger charge is -2.26. The third-order valence-corrected chi connectivity index (χ3v) is 10.1. The van der Waals surface area contributed by atoms with Gasteiger partial charge in [-0.1, -0.05) is 91.0 Å². The molecule has 0 unspecified atom stereocenters. The SMILES string of the molecule is c1ccc2c(c1)oc1cc(N(c3ccc(-c4cc5oc6ccccc6c5c5ccccc45)cc3)c3ccc4oc5ccccc5c4c3)ccc12. The Morgan fingerprint density at radius 3 is 1.56 bits per heavy atom. The predicted octanol–water partition coefficient (Wildman–Crippen LogP) is 13.7. The molecule has 234 valence electrons. The van der Waals surface area contributed by atoms with E-state index in [-0.39, 0.29) is 0 Å². The molecule has 0 aliphatic heterocycles. The van der Waals surface area contributed by atoms with E-state index in [4.69, 9.17) is 13.3 Å². The first-order valence-corrected chi connectivity index (χ1v) is 16.8. The van der Waals surface area contributed by atoms with Gasteiger partial charge in [0.25, 0.3) is 0 Å². The molecule has 0 N–H and O–H groups in total. The highest BCUT2D eigenvalue weighted by molar-refractivity contribution is 6.22. The molecule has 0 amide bonds. The smallest absolute Gasteiger partial charge is 0.137 e. The van der Waals surface area contributed by atoms with Gasteiger partial charge in [-0.05, 0) is 88.6 Å². The van der Waals surface area contributed by atoms with Crippen molar-refractivity contribution in [2.75, 3.05) is 4.90 Å². The molecule has 0 saturated heterocycles. The first-order valence-electron chi connectivity index (χ1n) is 16.8. The van der Waals surface area contributed by atoms with Crippen LogP contribution in [0.25, 0.3) is 87.7 Å². The van der Waals surface area contributed by atoms with Gasteiger partial charge in [-0.3, -0.25) is 0 Å². The van der Waals surface area contributed by atoms with E-state index >= 15 is 0 Å². The second-order valence-electron chi connectivity index (χ2n) is 12.9. The van der Waals surface area contributed by atoms with Crippen molar-refractivity contribution in [1.82, 2.24) is 0 Å². The van der Waals surface area contributed by atoms with Crippen LogP contribution < -0.4 is 4.90 Å². The zero-order chi connectivity index (χ0) is 32.8. The molecular formula is C46H27NO3. The largest absolute Gasteiger partial charge is 0.456 e. The minimum Gasteiger partial charge on any atom is -0.456 e. The molecule has 0 atom stereocenters. The summed E-state index contributed by atoms with van der Waals surface area (Å²) >= 11 is 0. The number of benzene rings is 8. The second kappa shape index (κ2) is 10.4. The molecule has 3 aromatic heterocycles. The number of hydrogen-bond donors (Lipinski definition) is 0. The third-order valence-electron chi connectivity index (χ3n) is 10.1. The number of fused-ring (bicyclic) bond motifs is 11. The number of rotatable bonds is 4. The highest BCUT2D eigenvalue weighted by Crippen LogP contribution is 2.43. The van der Waals surface area contributed by atoms with E-state index < -0.39 is 0 Å². The first kappa shape index (κ1) is 27.2. The van der Waals surface area contributed by atoms with Crippen molar-refractivity contribution in [2.45, 2.75) is 0 Å². The summed E-state index contributed by atoms with van der Waals surface area (Å²) in [6, 6.07) is 57.2. The highest BCUT2D eigenvalue weighted by atomic mass is 16.3. The van der Waals surface area contributed by atoms with Gasteiger partial charge in [0, 0.05) is 55.4 Å². The molecule has 11 aromatic rings. The summed E-state index contributed by atoms with van der Waals surface area (Å²) in [6.07, 6.45) is 0. The number of anilines is 3. The number of hydrogen-bond acceptors (Lipinski definition) is 4. The Morgan fingerprint density at radius 1 is 0.300 bits per heavy atom. The quantitative estimate of drug-likeness (QED) is 0.192. The van der Waals surface area contributed by atoms with Crippen LogP contribution >= 0.6 is 0 Å². The zero-order valence-electron chi connectivity index (χ0n) is 26.8. The monoisotopic (exact) mass is 641 g/mol. The Labute approximate surface area is 286 Å². The summed E-state index contributed by atoms with van der Waals surface area (Å²) in [5, 5.41) is 9.08. The Bertz CT molecular complexity index is 3110. The van der Waals surface area contributed by atoms with Crippen LogP contribution in [0.3, 0.4) is 0 Å². The van der Waals surface area contributed by atoms with Crippen molar-refractivity contribution in [3.8, 4) is 11.1 Å². The number of para-hydroxylation sites is 3.